The molecule has 0 fully saturated rings. The maximum Gasteiger partial charge on any atom is 0.171 e. The number of nitrogens with zero attached hydrogens (tertiary/aromatic N) is 3. The largest absolute Gasteiger partial charge is 0.297 e. The van der Waals surface area contributed by atoms with Crippen molar-refractivity contribution in [3.63, 3.8) is 0 Å². The molecule has 3 heterocycles. The second-order valence-corrected chi connectivity index (χ2v) is 3.32. The number of aliphatic imine (C=N–C) groups is 1. The molecule has 5 nitrogen and oxygen atoms in total. The van der Waals surface area contributed by atoms with Gasteiger partial charge in [-0.25, -0.2) is 4.99 Å². The van der Waals surface area contributed by atoms with Gasteiger partial charge in [0.2, 0.25) is 0 Å². The molecule has 5 heteroatoms. The number of hydrogen-bond donors (Lipinski definition) is 2. The van der Waals surface area contributed by atoms with Crippen LogP contribution < -0.4 is 10.9 Å². The number of anilines is 1. The zero-order chi connectivity index (χ0) is 10.8. The Morgan fingerprint density at radius 3 is 2.88 bits per heavy atom. The standard InChI is InChI=1S/C11H9N5/c1-2-5-13-9(3-1)11-14-10-7-12-6-4-8(10)15-16-11/h1-7,15H,(H,14,16). The highest BCUT2D eigenvalue weighted by molar-refractivity contribution is 6.01. The Morgan fingerprint density at radius 1 is 1.00 bits per heavy atom. The summed E-state index contributed by atoms with van der Waals surface area (Å²) in [5.74, 6) is 0.695. The van der Waals surface area contributed by atoms with Crippen molar-refractivity contribution in [3.8, 4) is 0 Å². The lowest BCUT2D eigenvalue weighted by Crippen LogP contribution is -2.33. The Balaban J connectivity index is 2.04. The number of hydrazine groups is 1. The van der Waals surface area contributed by atoms with E-state index in [0.717, 1.165) is 17.1 Å². The first-order valence-corrected chi connectivity index (χ1v) is 4.89. The zero-order valence-electron chi connectivity index (χ0n) is 8.38. The van der Waals surface area contributed by atoms with E-state index in [1.807, 2.05) is 24.3 Å². The van der Waals surface area contributed by atoms with Crippen LogP contribution in [0.15, 0.2) is 47.8 Å². The minimum atomic E-state index is 0.695. The van der Waals surface area contributed by atoms with E-state index in [2.05, 4.69) is 25.8 Å². The van der Waals surface area contributed by atoms with Crippen LogP contribution in [0, 0.1) is 0 Å². The molecule has 2 aromatic rings. The second-order valence-electron chi connectivity index (χ2n) is 3.32. The average Bonchev–Trinajstić information content (AvgIpc) is 2.39. The lowest BCUT2D eigenvalue weighted by Gasteiger charge is -2.18. The predicted octanol–water partition coefficient (Wildman–Crippen LogP) is 1.48. The molecule has 0 aliphatic carbocycles. The lowest BCUT2D eigenvalue weighted by atomic mass is 10.3. The Labute approximate surface area is 92.3 Å². The molecular weight excluding hydrogens is 202 g/mol. The summed E-state index contributed by atoms with van der Waals surface area (Å²) < 4.78 is 0. The topological polar surface area (TPSA) is 62.2 Å². The van der Waals surface area contributed by atoms with Crippen molar-refractivity contribution in [2.24, 2.45) is 4.99 Å². The molecule has 78 valence electrons. The van der Waals surface area contributed by atoms with E-state index in [1.165, 1.54) is 0 Å². The molecule has 0 bridgehead atoms. The van der Waals surface area contributed by atoms with Gasteiger partial charge in [-0.05, 0) is 18.2 Å². The molecule has 1 aliphatic heterocycles. The Hall–Kier alpha value is -2.43. The van der Waals surface area contributed by atoms with E-state index in [1.54, 1.807) is 18.6 Å². The van der Waals surface area contributed by atoms with Crippen molar-refractivity contribution in [3.05, 3.63) is 48.5 Å². The first kappa shape index (κ1) is 8.84. The molecule has 1 aliphatic rings. The summed E-state index contributed by atoms with van der Waals surface area (Å²) in [4.78, 5) is 12.7. The van der Waals surface area contributed by atoms with Gasteiger partial charge < -0.3 is 0 Å². The summed E-state index contributed by atoms with van der Waals surface area (Å²) in [6.45, 7) is 0. The number of amidine groups is 1. The van der Waals surface area contributed by atoms with Crippen LogP contribution in [0.1, 0.15) is 5.69 Å². The first-order chi connectivity index (χ1) is 7.93. The lowest BCUT2D eigenvalue weighted by molar-refractivity contribution is 1.06. The number of fused-ring (bicyclic) bond motifs is 1. The van der Waals surface area contributed by atoms with Crippen molar-refractivity contribution in [1.82, 2.24) is 15.4 Å². The van der Waals surface area contributed by atoms with Gasteiger partial charge in [0.1, 0.15) is 11.4 Å². The van der Waals surface area contributed by atoms with Crippen molar-refractivity contribution in [2.75, 3.05) is 5.43 Å². The van der Waals surface area contributed by atoms with E-state index in [4.69, 9.17) is 0 Å². The van der Waals surface area contributed by atoms with Gasteiger partial charge in [0.25, 0.3) is 0 Å². The first-order valence-electron chi connectivity index (χ1n) is 4.89. The summed E-state index contributed by atoms with van der Waals surface area (Å²) in [5.41, 5.74) is 8.57. The minimum absolute atomic E-state index is 0.695. The molecule has 0 amide bonds. The van der Waals surface area contributed by atoms with Gasteiger partial charge in [-0.3, -0.25) is 20.8 Å². The van der Waals surface area contributed by atoms with E-state index in [-0.39, 0.29) is 0 Å². The van der Waals surface area contributed by atoms with E-state index >= 15 is 0 Å². The summed E-state index contributed by atoms with van der Waals surface area (Å²) in [6, 6.07) is 7.55. The summed E-state index contributed by atoms with van der Waals surface area (Å²) in [7, 11) is 0. The van der Waals surface area contributed by atoms with Crippen LogP contribution in [0.4, 0.5) is 11.4 Å². The van der Waals surface area contributed by atoms with Crippen molar-refractivity contribution >= 4 is 17.2 Å². The zero-order valence-corrected chi connectivity index (χ0v) is 8.38. The molecule has 2 aromatic heterocycles. The fourth-order valence-corrected chi connectivity index (χ4v) is 1.48. The number of aromatic nitrogens is 2. The molecule has 0 saturated heterocycles. The second kappa shape index (κ2) is 3.62. The van der Waals surface area contributed by atoms with Crippen molar-refractivity contribution < 1.29 is 0 Å². The fourth-order valence-electron chi connectivity index (χ4n) is 1.48. The minimum Gasteiger partial charge on any atom is -0.297 e. The maximum atomic E-state index is 4.43. The van der Waals surface area contributed by atoms with Crippen LogP contribution >= 0.6 is 0 Å². The molecule has 16 heavy (non-hydrogen) atoms. The summed E-state index contributed by atoms with van der Waals surface area (Å²) in [5, 5.41) is 0. The quantitative estimate of drug-likeness (QED) is 0.750. The highest BCUT2D eigenvalue weighted by atomic mass is 15.4. The molecule has 0 unspecified atom stereocenters. The molecule has 2 N–H and O–H groups in total. The Morgan fingerprint density at radius 2 is 2.00 bits per heavy atom. The molecule has 0 radical (unpaired) electrons. The van der Waals surface area contributed by atoms with Crippen LogP contribution in [-0.4, -0.2) is 15.8 Å². The molecular formula is C11H9N5. The number of rotatable bonds is 1. The van der Waals surface area contributed by atoms with Gasteiger partial charge in [0.05, 0.1) is 11.9 Å². The normalized spacial score (nSPS) is 13.1. The average molecular weight is 211 g/mol. The third kappa shape index (κ3) is 1.48. The van der Waals surface area contributed by atoms with Crippen LogP contribution in [0.2, 0.25) is 0 Å². The van der Waals surface area contributed by atoms with Gasteiger partial charge in [0.15, 0.2) is 5.84 Å². The molecule has 0 aromatic carbocycles. The summed E-state index contributed by atoms with van der Waals surface area (Å²) >= 11 is 0. The van der Waals surface area contributed by atoms with Gasteiger partial charge >= 0.3 is 0 Å². The highest BCUT2D eigenvalue weighted by Crippen LogP contribution is 2.25. The molecule has 0 spiro atoms. The van der Waals surface area contributed by atoms with Crippen LogP contribution in [0.25, 0.3) is 0 Å². The SMILES string of the molecule is c1ccc(C2=Nc3cnccc3NN2)nc1. The van der Waals surface area contributed by atoms with Gasteiger partial charge in [-0.2, -0.15) is 0 Å². The Kier molecular flexibility index (Phi) is 2.00. The number of nitrogens with one attached hydrogen (secondary N) is 2. The molecule has 3 rings (SSSR count). The van der Waals surface area contributed by atoms with Crippen molar-refractivity contribution in [1.29, 1.82) is 0 Å². The third-order valence-electron chi connectivity index (χ3n) is 2.26. The number of hydrogen-bond acceptors (Lipinski definition) is 5. The maximum absolute atomic E-state index is 4.43. The third-order valence-corrected chi connectivity index (χ3v) is 2.26. The van der Waals surface area contributed by atoms with Gasteiger partial charge in [-0.15, -0.1) is 0 Å². The Bertz CT molecular complexity index is 535. The smallest absolute Gasteiger partial charge is 0.171 e. The van der Waals surface area contributed by atoms with E-state index in [0.29, 0.717) is 5.84 Å². The van der Waals surface area contributed by atoms with Crippen LogP contribution in [0.5, 0.6) is 0 Å². The fraction of sp³-hybridized carbons (Fsp3) is 0. The summed E-state index contributed by atoms with van der Waals surface area (Å²) in [6.07, 6.45) is 5.17. The van der Waals surface area contributed by atoms with Gasteiger partial charge in [0, 0.05) is 12.4 Å². The predicted molar refractivity (Wildman–Crippen MR) is 61.4 cm³/mol. The highest BCUT2D eigenvalue weighted by Gasteiger charge is 2.12. The van der Waals surface area contributed by atoms with E-state index < -0.39 is 0 Å². The van der Waals surface area contributed by atoms with Crippen LogP contribution in [-0.2, 0) is 0 Å². The van der Waals surface area contributed by atoms with Gasteiger partial charge in [-0.1, -0.05) is 6.07 Å². The molecule has 0 atom stereocenters. The molecule has 0 saturated carbocycles. The number of pyridine rings is 2. The van der Waals surface area contributed by atoms with E-state index in [9.17, 15) is 0 Å². The van der Waals surface area contributed by atoms with Crippen molar-refractivity contribution in [2.45, 2.75) is 0 Å². The monoisotopic (exact) mass is 211 g/mol. The van der Waals surface area contributed by atoms with Crippen LogP contribution in [0.3, 0.4) is 0 Å².